The summed E-state index contributed by atoms with van der Waals surface area (Å²) in [6.45, 7) is 8.15. The fourth-order valence-corrected chi connectivity index (χ4v) is 1.59. The van der Waals surface area contributed by atoms with Gasteiger partial charge in [0.2, 0.25) is 0 Å². The van der Waals surface area contributed by atoms with Crippen LogP contribution in [0, 0.1) is 0 Å². The summed E-state index contributed by atoms with van der Waals surface area (Å²) in [6, 6.07) is 0. The largest absolute Gasteiger partial charge is 0.317 e. The van der Waals surface area contributed by atoms with Crippen molar-refractivity contribution >= 4 is 0 Å². The summed E-state index contributed by atoms with van der Waals surface area (Å²) in [5, 5.41) is 3.44. The molecular weight excluding hydrogens is 198 g/mol. The van der Waals surface area contributed by atoms with Crippen LogP contribution in [0.4, 0.5) is 0 Å². The molecule has 0 unspecified atom stereocenters. The topological polar surface area (TPSA) is 18.5 Å². The molecule has 0 atom stereocenters. The van der Waals surface area contributed by atoms with E-state index >= 15 is 0 Å². The van der Waals surface area contributed by atoms with E-state index in [1.54, 1.807) is 0 Å². The number of likely N-dealkylation sites (N-methyl/N-ethyl adjacent to an activating group) is 2. The Kier molecular flexibility index (Phi) is 11.3. The third-order valence-corrected chi connectivity index (χ3v) is 2.75. The fourth-order valence-electron chi connectivity index (χ4n) is 1.59. The van der Waals surface area contributed by atoms with Crippen molar-refractivity contribution in [3.05, 3.63) is 0 Å². The molecular formula is C13H31N3. The highest BCUT2D eigenvalue weighted by Crippen LogP contribution is 1.96. The molecule has 0 aromatic carbocycles. The van der Waals surface area contributed by atoms with Crippen LogP contribution in [-0.2, 0) is 0 Å². The maximum Gasteiger partial charge on any atom is 0.0106 e. The van der Waals surface area contributed by atoms with Gasteiger partial charge in [-0.2, -0.15) is 0 Å². The zero-order chi connectivity index (χ0) is 12.2. The minimum Gasteiger partial charge on any atom is -0.317 e. The van der Waals surface area contributed by atoms with Crippen molar-refractivity contribution in [1.82, 2.24) is 15.1 Å². The van der Waals surface area contributed by atoms with Crippen LogP contribution in [0.2, 0.25) is 0 Å². The molecule has 0 saturated heterocycles. The smallest absolute Gasteiger partial charge is 0.0106 e. The van der Waals surface area contributed by atoms with Crippen LogP contribution in [0.3, 0.4) is 0 Å². The van der Waals surface area contributed by atoms with Gasteiger partial charge in [0, 0.05) is 13.1 Å². The van der Waals surface area contributed by atoms with E-state index in [9.17, 15) is 0 Å². The summed E-state index contributed by atoms with van der Waals surface area (Å²) in [7, 11) is 6.49. The Labute approximate surface area is 102 Å². The lowest BCUT2D eigenvalue weighted by Crippen LogP contribution is -2.29. The highest BCUT2D eigenvalue weighted by molar-refractivity contribution is 4.55. The van der Waals surface area contributed by atoms with Crippen LogP contribution >= 0.6 is 0 Å². The van der Waals surface area contributed by atoms with Crippen LogP contribution < -0.4 is 5.32 Å². The summed E-state index contributed by atoms with van der Waals surface area (Å²) in [5.74, 6) is 0. The Balaban J connectivity index is 3.12. The van der Waals surface area contributed by atoms with Gasteiger partial charge in [-0.05, 0) is 60.0 Å². The van der Waals surface area contributed by atoms with Gasteiger partial charge in [-0.3, -0.25) is 0 Å². The first-order chi connectivity index (χ1) is 7.66. The second-order valence-electron chi connectivity index (χ2n) is 4.92. The normalized spacial score (nSPS) is 11.6. The molecule has 0 spiro atoms. The van der Waals surface area contributed by atoms with E-state index in [4.69, 9.17) is 0 Å². The lowest BCUT2D eigenvalue weighted by atomic mass is 10.2. The minimum absolute atomic E-state index is 1.16. The van der Waals surface area contributed by atoms with E-state index in [2.05, 4.69) is 43.2 Å². The van der Waals surface area contributed by atoms with E-state index in [-0.39, 0.29) is 0 Å². The Hall–Kier alpha value is -0.120. The van der Waals surface area contributed by atoms with Gasteiger partial charge in [0.05, 0.1) is 0 Å². The lowest BCUT2D eigenvalue weighted by molar-refractivity contribution is 0.277. The van der Waals surface area contributed by atoms with Gasteiger partial charge in [0.1, 0.15) is 0 Å². The summed E-state index contributed by atoms with van der Waals surface area (Å²) >= 11 is 0. The van der Waals surface area contributed by atoms with Crippen molar-refractivity contribution in [2.45, 2.75) is 32.6 Å². The number of hydrogen-bond donors (Lipinski definition) is 1. The third-order valence-electron chi connectivity index (χ3n) is 2.75. The quantitative estimate of drug-likeness (QED) is 0.544. The van der Waals surface area contributed by atoms with Gasteiger partial charge in [-0.1, -0.05) is 13.3 Å². The van der Waals surface area contributed by atoms with Crippen molar-refractivity contribution in [3.63, 3.8) is 0 Å². The highest BCUT2D eigenvalue weighted by atomic mass is 15.1. The third kappa shape index (κ3) is 12.0. The molecule has 0 saturated carbocycles. The Morgan fingerprint density at radius 2 is 1.56 bits per heavy atom. The van der Waals surface area contributed by atoms with Crippen LogP contribution in [0.5, 0.6) is 0 Å². The molecule has 98 valence electrons. The van der Waals surface area contributed by atoms with Crippen molar-refractivity contribution in [3.8, 4) is 0 Å². The van der Waals surface area contributed by atoms with Crippen LogP contribution in [-0.4, -0.2) is 63.7 Å². The van der Waals surface area contributed by atoms with Gasteiger partial charge in [0.15, 0.2) is 0 Å². The first-order valence-electron chi connectivity index (χ1n) is 6.70. The number of unbranched alkanes of at least 4 members (excludes halogenated alkanes) is 2. The molecule has 0 aromatic rings. The fraction of sp³-hybridized carbons (Fsp3) is 1.00. The molecule has 3 nitrogen and oxygen atoms in total. The van der Waals surface area contributed by atoms with E-state index in [1.807, 2.05) is 0 Å². The van der Waals surface area contributed by atoms with Gasteiger partial charge < -0.3 is 15.1 Å². The molecule has 16 heavy (non-hydrogen) atoms. The maximum atomic E-state index is 3.44. The lowest BCUT2D eigenvalue weighted by Gasteiger charge is -2.19. The Morgan fingerprint density at radius 1 is 0.812 bits per heavy atom. The van der Waals surface area contributed by atoms with Crippen LogP contribution in [0.15, 0.2) is 0 Å². The molecule has 0 bridgehead atoms. The van der Waals surface area contributed by atoms with Crippen molar-refractivity contribution in [2.24, 2.45) is 0 Å². The monoisotopic (exact) mass is 229 g/mol. The molecule has 0 amide bonds. The van der Waals surface area contributed by atoms with E-state index in [0.717, 1.165) is 6.54 Å². The summed E-state index contributed by atoms with van der Waals surface area (Å²) in [4.78, 5) is 4.67. The summed E-state index contributed by atoms with van der Waals surface area (Å²) < 4.78 is 0. The number of hydrogen-bond acceptors (Lipinski definition) is 3. The molecule has 0 heterocycles. The minimum atomic E-state index is 1.16. The van der Waals surface area contributed by atoms with Gasteiger partial charge >= 0.3 is 0 Å². The van der Waals surface area contributed by atoms with Crippen molar-refractivity contribution in [2.75, 3.05) is 53.9 Å². The van der Waals surface area contributed by atoms with E-state index < -0.39 is 0 Å². The van der Waals surface area contributed by atoms with Gasteiger partial charge in [0.25, 0.3) is 0 Å². The second-order valence-corrected chi connectivity index (χ2v) is 4.92. The van der Waals surface area contributed by atoms with Gasteiger partial charge in [-0.15, -0.1) is 0 Å². The average Bonchev–Trinajstić information content (AvgIpc) is 2.25. The van der Waals surface area contributed by atoms with Crippen molar-refractivity contribution in [1.29, 1.82) is 0 Å². The summed E-state index contributed by atoms with van der Waals surface area (Å²) in [5.41, 5.74) is 0. The molecule has 0 aromatic heterocycles. The molecule has 0 aliphatic carbocycles. The standard InChI is InChI=1S/C13H31N3/c1-5-9-14-10-7-6-8-11-16(4)13-12-15(2)3/h14H,5-13H2,1-4H3. The van der Waals surface area contributed by atoms with Crippen molar-refractivity contribution < 1.29 is 0 Å². The molecule has 0 fully saturated rings. The number of nitrogens with one attached hydrogen (secondary N) is 1. The van der Waals surface area contributed by atoms with E-state index in [0.29, 0.717) is 0 Å². The predicted octanol–water partition coefficient (Wildman–Crippen LogP) is 1.65. The first kappa shape index (κ1) is 15.9. The van der Waals surface area contributed by atoms with Gasteiger partial charge in [-0.25, -0.2) is 0 Å². The summed E-state index contributed by atoms with van der Waals surface area (Å²) in [6.07, 6.45) is 5.25. The zero-order valence-electron chi connectivity index (χ0n) is 11.8. The maximum absolute atomic E-state index is 3.44. The zero-order valence-corrected chi connectivity index (χ0v) is 11.8. The Morgan fingerprint density at radius 3 is 2.19 bits per heavy atom. The van der Waals surface area contributed by atoms with E-state index in [1.165, 1.54) is 51.9 Å². The molecule has 3 heteroatoms. The van der Waals surface area contributed by atoms with Crippen LogP contribution in [0.25, 0.3) is 0 Å². The molecule has 0 aliphatic rings. The number of nitrogens with zero attached hydrogens (tertiary/aromatic N) is 2. The second kappa shape index (κ2) is 11.4. The Bertz CT molecular complexity index is 137. The first-order valence-corrected chi connectivity index (χ1v) is 6.70. The molecule has 1 N–H and O–H groups in total. The van der Waals surface area contributed by atoms with Crippen LogP contribution in [0.1, 0.15) is 32.6 Å². The molecule has 0 aliphatic heterocycles. The molecule has 0 radical (unpaired) electrons. The number of rotatable bonds is 11. The predicted molar refractivity (Wildman–Crippen MR) is 73.1 cm³/mol. The SMILES string of the molecule is CCCNCCCCCN(C)CCN(C)C. The highest BCUT2D eigenvalue weighted by Gasteiger charge is 1.98. The molecule has 0 rings (SSSR count). The average molecular weight is 229 g/mol.